The Bertz CT molecular complexity index is 1270. The number of hydrogen-bond donors (Lipinski definition) is 4. The zero-order chi connectivity index (χ0) is 29.1. The van der Waals surface area contributed by atoms with Crippen molar-refractivity contribution in [2.75, 3.05) is 39.8 Å². The van der Waals surface area contributed by atoms with Crippen LogP contribution >= 0.6 is 0 Å². The van der Waals surface area contributed by atoms with Crippen molar-refractivity contribution in [1.82, 2.24) is 10.2 Å². The number of benzene rings is 1. The van der Waals surface area contributed by atoms with Crippen LogP contribution in [0.15, 0.2) is 6.07 Å². The summed E-state index contributed by atoms with van der Waals surface area (Å²) in [5.41, 5.74) is 3.95. The lowest BCUT2D eigenvalue weighted by atomic mass is 9.52. The number of ketones is 4. The fourth-order valence-corrected chi connectivity index (χ4v) is 6.58. The summed E-state index contributed by atoms with van der Waals surface area (Å²) in [6.45, 7) is 1.04. The number of hydrogen-bond acceptors (Lipinski definition) is 10. The molecule has 5 N–H and O–H groups in total. The minimum atomic E-state index is -2.77. The Morgan fingerprint density at radius 1 is 1.21 bits per heavy atom. The number of likely N-dealkylation sites (N-methyl/N-ethyl adjacent to an activating group) is 1. The molecule has 0 aliphatic heterocycles. The highest BCUT2D eigenvalue weighted by molar-refractivity contribution is 6.32. The van der Waals surface area contributed by atoms with Gasteiger partial charge in [-0.2, -0.15) is 0 Å². The second-order valence-corrected chi connectivity index (χ2v) is 11.4. The highest BCUT2D eigenvalue weighted by Gasteiger charge is 2.69. The summed E-state index contributed by atoms with van der Waals surface area (Å²) >= 11 is 0. The number of nitrogens with zero attached hydrogens (tertiary/aromatic N) is 2. The number of phenols is 1. The number of carbonyl (C=O) groups excluding carboxylic acids is 5. The molecule has 1 aromatic rings. The molecule has 11 nitrogen and oxygen atoms in total. The molecule has 1 amide bonds. The van der Waals surface area contributed by atoms with Crippen molar-refractivity contribution in [2.45, 2.75) is 44.0 Å². The summed E-state index contributed by atoms with van der Waals surface area (Å²) < 4.78 is 13.0. The number of alkyl halides is 1. The van der Waals surface area contributed by atoms with Crippen LogP contribution in [0, 0.1) is 23.7 Å². The monoisotopic (exact) mass is 546 g/mol. The third-order valence-electron chi connectivity index (χ3n) is 8.47. The van der Waals surface area contributed by atoms with Gasteiger partial charge in [-0.1, -0.05) is 0 Å². The summed E-state index contributed by atoms with van der Waals surface area (Å²) in [6.07, 6.45) is 0.149. The molecular weight excluding hydrogens is 511 g/mol. The number of primary amides is 1. The molecule has 2 fully saturated rings. The van der Waals surface area contributed by atoms with E-state index in [1.807, 2.05) is 0 Å². The Kier molecular flexibility index (Phi) is 7.43. The van der Waals surface area contributed by atoms with Crippen molar-refractivity contribution in [3.63, 3.8) is 0 Å². The van der Waals surface area contributed by atoms with Crippen LogP contribution in [0.5, 0.6) is 5.75 Å². The SMILES string of the molecule is CC(CF)NCc1cc(N(C)C)c2c(c1O)C(=O)C1C(=O)[C@]3(O)C(=O)C(C(N)=O)C(=O)C(N(C)C)[C@@H]3C[C@@H]1C2. The van der Waals surface area contributed by atoms with Crippen LogP contribution in [-0.4, -0.2) is 96.7 Å². The van der Waals surface area contributed by atoms with Crippen molar-refractivity contribution in [2.24, 2.45) is 29.4 Å². The average molecular weight is 547 g/mol. The molecule has 1 aromatic carbocycles. The first-order chi connectivity index (χ1) is 18.2. The number of nitrogens with one attached hydrogen (secondary N) is 1. The maximum atomic E-state index is 14.0. The number of carbonyl (C=O) groups is 5. The number of amides is 1. The fourth-order valence-electron chi connectivity index (χ4n) is 6.58. The maximum Gasteiger partial charge on any atom is 0.235 e. The Balaban J connectivity index is 1.85. The van der Waals surface area contributed by atoms with Gasteiger partial charge in [-0.15, -0.1) is 0 Å². The van der Waals surface area contributed by atoms with E-state index in [0.29, 0.717) is 16.8 Å². The second-order valence-electron chi connectivity index (χ2n) is 11.4. The first kappa shape index (κ1) is 28.8. The summed E-state index contributed by atoms with van der Waals surface area (Å²) in [6, 6.07) is 0.0469. The number of rotatable bonds is 7. The number of halogens is 1. The molecule has 7 atom stereocenters. The van der Waals surface area contributed by atoms with Crippen LogP contribution < -0.4 is 16.0 Å². The van der Waals surface area contributed by atoms with Crippen LogP contribution in [0.2, 0.25) is 0 Å². The molecule has 3 aliphatic rings. The fraction of sp³-hybridized carbons (Fsp3) is 0.593. The number of aliphatic hydroxyl groups is 1. The van der Waals surface area contributed by atoms with E-state index in [-0.39, 0.29) is 30.7 Å². The predicted octanol–water partition coefficient (Wildman–Crippen LogP) is -0.619. The Morgan fingerprint density at radius 3 is 2.38 bits per heavy atom. The van der Waals surface area contributed by atoms with E-state index in [1.165, 1.54) is 19.0 Å². The molecule has 0 spiro atoms. The quantitative estimate of drug-likeness (QED) is 0.323. The third-order valence-corrected chi connectivity index (χ3v) is 8.47. The molecule has 4 rings (SSSR count). The normalized spacial score (nSPS) is 31.0. The van der Waals surface area contributed by atoms with Gasteiger partial charge < -0.3 is 26.2 Å². The lowest BCUT2D eigenvalue weighted by Crippen LogP contribution is -2.74. The molecule has 0 bridgehead atoms. The van der Waals surface area contributed by atoms with Gasteiger partial charge in [0.2, 0.25) is 5.91 Å². The number of Topliss-reactive ketones (excluding diaryl/α,β-unsaturated/α-hetero) is 4. The van der Waals surface area contributed by atoms with E-state index in [9.17, 15) is 38.6 Å². The highest BCUT2D eigenvalue weighted by Crippen LogP contribution is 2.52. The molecule has 0 heterocycles. The van der Waals surface area contributed by atoms with Crippen molar-refractivity contribution >= 4 is 34.7 Å². The van der Waals surface area contributed by atoms with Gasteiger partial charge in [0, 0.05) is 43.9 Å². The van der Waals surface area contributed by atoms with Crippen molar-refractivity contribution in [1.29, 1.82) is 0 Å². The van der Waals surface area contributed by atoms with Crippen LogP contribution in [0.25, 0.3) is 0 Å². The van der Waals surface area contributed by atoms with Crippen LogP contribution in [0.4, 0.5) is 10.1 Å². The third kappa shape index (κ3) is 4.25. The van der Waals surface area contributed by atoms with Crippen LogP contribution in [0.3, 0.4) is 0 Å². The van der Waals surface area contributed by atoms with Crippen molar-refractivity contribution in [3.05, 3.63) is 22.8 Å². The lowest BCUT2D eigenvalue weighted by Gasteiger charge is -2.52. The van der Waals surface area contributed by atoms with E-state index in [2.05, 4.69) is 5.32 Å². The minimum Gasteiger partial charge on any atom is -0.507 e. The summed E-state index contributed by atoms with van der Waals surface area (Å²) in [4.78, 5) is 69.7. The topological polar surface area (TPSA) is 170 Å². The van der Waals surface area contributed by atoms with Crippen LogP contribution in [0.1, 0.15) is 34.8 Å². The molecule has 39 heavy (non-hydrogen) atoms. The average Bonchev–Trinajstić information content (AvgIpc) is 2.84. The van der Waals surface area contributed by atoms with Gasteiger partial charge in [0.15, 0.2) is 34.7 Å². The number of nitrogens with two attached hydrogens (primary N) is 1. The van der Waals surface area contributed by atoms with Gasteiger partial charge in [0.05, 0.1) is 17.5 Å². The van der Waals surface area contributed by atoms with Gasteiger partial charge in [-0.25, -0.2) is 4.39 Å². The van der Waals surface area contributed by atoms with Gasteiger partial charge in [-0.3, -0.25) is 28.9 Å². The van der Waals surface area contributed by atoms with E-state index >= 15 is 0 Å². The van der Waals surface area contributed by atoms with Gasteiger partial charge in [-0.05, 0) is 51.4 Å². The van der Waals surface area contributed by atoms with Crippen molar-refractivity contribution < 1.29 is 38.6 Å². The number of phenolic OH excluding ortho intramolecular Hbond substituents is 1. The number of fused-ring (bicyclic) bond motifs is 3. The zero-order valence-electron chi connectivity index (χ0n) is 22.7. The Hall–Kier alpha value is -3.22. The summed E-state index contributed by atoms with van der Waals surface area (Å²) in [7, 11) is 6.60. The standard InChI is InChI=1S/C27H35FN4O7/c1-11(9-28)30-10-13-8-16(31(2)3)14-6-12-7-15-20(32(4)5)23(35)19(26(29)38)25(37)27(15,39)24(36)17(12)22(34)18(14)21(13)33/h8,11-12,15,17,19-20,30,33,39H,6-7,9-10H2,1-5H3,(H2,29,38)/t11?,12-,15-,17?,19?,20?,27-/m0/s1. The molecule has 3 aliphatic carbocycles. The molecule has 0 radical (unpaired) electrons. The highest BCUT2D eigenvalue weighted by atomic mass is 19.1. The first-order valence-electron chi connectivity index (χ1n) is 12.9. The first-order valence-corrected chi connectivity index (χ1v) is 12.9. The van der Waals surface area contributed by atoms with Crippen molar-refractivity contribution in [3.8, 4) is 5.75 Å². The van der Waals surface area contributed by atoms with E-state index in [1.54, 1.807) is 32.0 Å². The molecule has 212 valence electrons. The smallest absolute Gasteiger partial charge is 0.235 e. The molecule has 2 saturated carbocycles. The van der Waals surface area contributed by atoms with Gasteiger partial charge in [0.1, 0.15) is 12.4 Å². The molecule has 4 unspecified atom stereocenters. The Morgan fingerprint density at radius 2 is 1.85 bits per heavy atom. The maximum absolute atomic E-state index is 14.0. The molecule has 12 heteroatoms. The minimum absolute atomic E-state index is 0.0190. The lowest BCUT2D eigenvalue weighted by molar-refractivity contribution is -0.181. The Labute approximate surface area is 225 Å². The number of aromatic hydroxyl groups is 1. The molecular formula is C27H35FN4O7. The van der Waals surface area contributed by atoms with E-state index in [4.69, 9.17) is 5.73 Å². The van der Waals surface area contributed by atoms with E-state index < -0.39 is 77.1 Å². The van der Waals surface area contributed by atoms with E-state index in [0.717, 1.165) is 0 Å². The molecule has 0 aromatic heterocycles. The van der Waals surface area contributed by atoms with Gasteiger partial charge >= 0.3 is 0 Å². The number of anilines is 1. The predicted molar refractivity (Wildman–Crippen MR) is 138 cm³/mol. The largest absolute Gasteiger partial charge is 0.507 e. The summed E-state index contributed by atoms with van der Waals surface area (Å²) in [5, 5.41) is 25.8. The zero-order valence-corrected chi connectivity index (χ0v) is 22.7. The van der Waals surface area contributed by atoms with Gasteiger partial charge in [0.25, 0.3) is 0 Å². The van der Waals surface area contributed by atoms with Crippen LogP contribution in [-0.2, 0) is 32.1 Å². The second kappa shape index (κ2) is 10.1. The summed E-state index contributed by atoms with van der Waals surface area (Å²) in [5.74, 6) is -10.9. The molecule has 0 saturated heterocycles.